The van der Waals surface area contributed by atoms with E-state index in [2.05, 4.69) is 4.42 Å². The van der Waals surface area contributed by atoms with Crippen LogP contribution in [0.3, 0.4) is 0 Å². The molecule has 0 amide bonds. The monoisotopic (exact) mass is 242 g/mol. The average molecular weight is 242 g/mol. The molecule has 0 radical (unpaired) electrons. The van der Waals surface area contributed by atoms with Crippen LogP contribution in [-0.4, -0.2) is 11.1 Å². The van der Waals surface area contributed by atoms with Crippen LogP contribution >= 0.6 is 0 Å². The summed E-state index contributed by atoms with van der Waals surface area (Å²) in [5.74, 6) is -1.26. The summed E-state index contributed by atoms with van der Waals surface area (Å²) in [5.41, 5.74) is -1.95. The van der Waals surface area contributed by atoms with Crippen molar-refractivity contribution in [1.82, 2.24) is 0 Å². The van der Waals surface area contributed by atoms with Crippen molar-refractivity contribution in [1.29, 1.82) is 0 Å². The van der Waals surface area contributed by atoms with Gasteiger partial charge in [-0.15, -0.1) is 0 Å². The second kappa shape index (κ2) is 3.40. The molecule has 5 heteroatoms. The first-order chi connectivity index (χ1) is 8.59. The third kappa shape index (κ3) is 1.24. The topological polar surface area (TPSA) is 84.6 Å². The number of carboxylic acid groups (broad SMARTS) is 1. The minimum atomic E-state index is -1.26. The molecular formula is C13H6O5. The van der Waals surface area contributed by atoms with E-state index in [1.807, 2.05) is 0 Å². The summed E-state index contributed by atoms with van der Waals surface area (Å²) in [6.07, 6.45) is 0. The highest BCUT2D eigenvalue weighted by Gasteiger charge is 2.18. The minimum Gasteiger partial charge on any atom is -0.478 e. The number of aromatic carboxylic acids is 1. The molecule has 0 unspecified atom stereocenters. The molecule has 1 N–H and O–H groups in total. The number of carboxylic acids is 1. The summed E-state index contributed by atoms with van der Waals surface area (Å²) in [7, 11) is 0. The van der Waals surface area contributed by atoms with Gasteiger partial charge >= 0.3 is 17.2 Å². The van der Waals surface area contributed by atoms with Crippen molar-refractivity contribution in [2.24, 2.45) is 0 Å². The Kier molecular flexibility index (Phi) is 1.98. The maximum Gasteiger partial charge on any atom is 0.347 e. The summed E-state index contributed by atoms with van der Waals surface area (Å²) in [4.78, 5) is 34.6. The Labute approximate surface area is 99.2 Å². The molecule has 2 heterocycles. The van der Waals surface area contributed by atoms with Gasteiger partial charge in [0, 0.05) is 0 Å². The molecule has 2 aromatic heterocycles. The summed E-state index contributed by atoms with van der Waals surface area (Å²) in [6.45, 7) is 0. The predicted octanol–water partition coefficient (Wildman–Crippen LogP) is 1.44. The molecular weight excluding hydrogens is 236 g/mol. The molecule has 0 aliphatic carbocycles. The zero-order valence-corrected chi connectivity index (χ0v) is 8.97. The summed E-state index contributed by atoms with van der Waals surface area (Å²) < 4.78 is 4.59. The normalized spacial score (nSPS) is 11.1. The lowest BCUT2D eigenvalue weighted by Gasteiger charge is -2.01. The zero-order valence-electron chi connectivity index (χ0n) is 8.97. The van der Waals surface area contributed by atoms with Gasteiger partial charge in [0.2, 0.25) is 0 Å². The number of hydrogen-bond donors (Lipinski definition) is 1. The fourth-order valence-electron chi connectivity index (χ4n) is 2.12. The molecule has 18 heavy (non-hydrogen) atoms. The van der Waals surface area contributed by atoms with Gasteiger partial charge in [0.15, 0.2) is 0 Å². The van der Waals surface area contributed by atoms with Crippen LogP contribution in [0.15, 0.2) is 44.3 Å². The van der Waals surface area contributed by atoms with Crippen molar-refractivity contribution in [2.75, 3.05) is 0 Å². The molecule has 0 atom stereocenters. The first-order valence-corrected chi connectivity index (χ1v) is 5.15. The lowest BCUT2D eigenvalue weighted by molar-refractivity contribution is 0.0699. The van der Waals surface area contributed by atoms with Crippen molar-refractivity contribution in [3.8, 4) is 0 Å². The lowest BCUT2D eigenvalue weighted by atomic mass is 10.00. The van der Waals surface area contributed by atoms with E-state index in [0.717, 1.165) is 0 Å². The number of fused-ring (bicyclic) bond motifs is 3. The number of rotatable bonds is 1. The molecule has 4 rings (SSSR count). The van der Waals surface area contributed by atoms with Crippen LogP contribution in [0.25, 0.3) is 21.5 Å². The van der Waals surface area contributed by atoms with Gasteiger partial charge in [-0.05, 0) is 16.8 Å². The van der Waals surface area contributed by atoms with Gasteiger partial charge in [0.05, 0.1) is 16.3 Å². The summed E-state index contributed by atoms with van der Waals surface area (Å²) >= 11 is 0. The number of carbonyl (C=O) groups is 1. The van der Waals surface area contributed by atoms with Crippen LogP contribution in [-0.2, 0) is 0 Å². The quantitative estimate of drug-likeness (QED) is 0.697. The maximum absolute atomic E-state index is 11.8. The molecule has 0 aliphatic rings. The predicted molar refractivity (Wildman–Crippen MR) is 64.4 cm³/mol. The molecule has 4 aromatic rings. The van der Waals surface area contributed by atoms with E-state index < -0.39 is 17.2 Å². The van der Waals surface area contributed by atoms with E-state index in [-0.39, 0.29) is 16.3 Å². The van der Waals surface area contributed by atoms with Crippen molar-refractivity contribution >= 4 is 27.5 Å². The summed E-state index contributed by atoms with van der Waals surface area (Å²) in [6, 6.07) is 7.82. The SMILES string of the molecule is O=C(O)c1cc2c(=O)oc(=O)c1c1ccccc21. The third-order valence-corrected chi connectivity index (χ3v) is 2.88. The highest BCUT2D eigenvalue weighted by Crippen LogP contribution is 2.25. The fraction of sp³-hybridized carbons (Fsp3) is 0. The van der Waals surface area contributed by atoms with E-state index >= 15 is 0 Å². The van der Waals surface area contributed by atoms with Crippen LogP contribution in [0.2, 0.25) is 0 Å². The first-order valence-electron chi connectivity index (χ1n) is 5.15. The van der Waals surface area contributed by atoms with E-state index in [4.69, 9.17) is 5.11 Å². The average Bonchev–Trinajstić information content (AvgIpc) is 2.53. The highest BCUT2D eigenvalue weighted by molar-refractivity contribution is 6.15. The number of hydrogen-bond acceptors (Lipinski definition) is 4. The molecule has 88 valence electrons. The first kappa shape index (κ1) is 10.5. The molecule has 0 saturated carbocycles. The molecule has 0 spiro atoms. The van der Waals surface area contributed by atoms with Crippen molar-refractivity contribution in [3.63, 3.8) is 0 Å². The fourth-order valence-corrected chi connectivity index (χ4v) is 2.12. The largest absolute Gasteiger partial charge is 0.478 e. The zero-order chi connectivity index (χ0) is 12.9. The van der Waals surface area contributed by atoms with Gasteiger partial charge in [-0.2, -0.15) is 0 Å². The number of benzene rings is 2. The van der Waals surface area contributed by atoms with Crippen molar-refractivity contribution in [2.45, 2.75) is 0 Å². The van der Waals surface area contributed by atoms with Gasteiger partial charge in [-0.1, -0.05) is 24.3 Å². The molecule has 2 aromatic carbocycles. The highest BCUT2D eigenvalue weighted by atomic mass is 16.4. The molecule has 2 bridgehead atoms. The minimum absolute atomic E-state index is 0.0762. The second-order valence-electron chi connectivity index (χ2n) is 3.87. The summed E-state index contributed by atoms with van der Waals surface area (Å²) in [5, 5.41) is 10.1. The molecule has 0 fully saturated rings. The Balaban J connectivity index is 2.83. The lowest BCUT2D eigenvalue weighted by Crippen LogP contribution is -2.05. The van der Waals surface area contributed by atoms with Crippen LogP contribution in [0, 0.1) is 0 Å². The molecule has 5 nitrogen and oxygen atoms in total. The van der Waals surface area contributed by atoms with E-state index in [1.165, 1.54) is 6.07 Å². The van der Waals surface area contributed by atoms with E-state index in [0.29, 0.717) is 10.8 Å². The smallest absolute Gasteiger partial charge is 0.347 e. The van der Waals surface area contributed by atoms with Gasteiger partial charge < -0.3 is 9.52 Å². The maximum atomic E-state index is 11.8. The Morgan fingerprint density at radius 1 is 1.00 bits per heavy atom. The Morgan fingerprint density at radius 2 is 1.67 bits per heavy atom. The van der Waals surface area contributed by atoms with Gasteiger partial charge in [0.25, 0.3) is 0 Å². The van der Waals surface area contributed by atoms with Crippen molar-refractivity contribution < 1.29 is 14.3 Å². The Bertz CT molecular complexity index is 891. The van der Waals surface area contributed by atoms with Gasteiger partial charge in [0.1, 0.15) is 0 Å². The van der Waals surface area contributed by atoms with Crippen LogP contribution in [0.1, 0.15) is 10.4 Å². The second-order valence-corrected chi connectivity index (χ2v) is 3.87. The molecule has 0 saturated heterocycles. The van der Waals surface area contributed by atoms with E-state index in [1.54, 1.807) is 24.3 Å². The van der Waals surface area contributed by atoms with Crippen LogP contribution in [0.4, 0.5) is 0 Å². The Morgan fingerprint density at radius 3 is 2.33 bits per heavy atom. The Hall–Kier alpha value is -2.69. The standard InChI is InChI=1S/C13H6O5/c14-11(15)9-5-8-6-3-1-2-4-7(6)10(9)13(17)18-12(8)16/h1-5H,(H,14,15). The van der Waals surface area contributed by atoms with Crippen LogP contribution < -0.4 is 11.3 Å². The van der Waals surface area contributed by atoms with Crippen LogP contribution in [0.5, 0.6) is 0 Å². The molecule has 0 aliphatic heterocycles. The van der Waals surface area contributed by atoms with Gasteiger partial charge in [-0.25, -0.2) is 14.4 Å². The van der Waals surface area contributed by atoms with Gasteiger partial charge in [-0.3, -0.25) is 0 Å². The third-order valence-electron chi connectivity index (χ3n) is 2.88. The van der Waals surface area contributed by atoms with E-state index in [9.17, 15) is 14.4 Å². The van der Waals surface area contributed by atoms with Crippen molar-refractivity contribution in [3.05, 3.63) is 56.7 Å².